The van der Waals surface area contributed by atoms with Gasteiger partial charge in [0.05, 0.1) is 5.60 Å². The van der Waals surface area contributed by atoms with Crippen molar-refractivity contribution < 1.29 is 4.74 Å². The molecule has 0 aromatic carbocycles. The van der Waals surface area contributed by atoms with Crippen LogP contribution in [0.3, 0.4) is 0 Å². The first-order valence-corrected chi connectivity index (χ1v) is 7.17. The Hall–Kier alpha value is -0.120. The van der Waals surface area contributed by atoms with Crippen LogP contribution in [0.2, 0.25) is 0 Å². The van der Waals surface area contributed by atoms with Crippen molar-refractivity contribution in [2.24, 2.45) is 0 Å². The summed E-state index contributed by atoms with van der Waals surface area (Å²) in [6, 6.07) is 0. The summed E-state index contributed by atoms with van der Waals surface area (Å²) < 4.78 is 5.92. The van der Waals surface area contributed by atoms with Crippen LogP contribution in [0.25, 0.3) is 0 Å². The number of hydrogen-bond donors (Lipinski definition) is 1. The van der Waals surface area contributed by atoms with Crippen LogP contribution >= 0.6 is 0 Å². The van der Waals surface area contributed by atoms with Gasteiger partial charge >= 0.3 is 0 Å². The van der Waals surface area contributed by atoms with Crippen molar-refractivity contribution in [2.45, 2.75) is 57.6 Å². The molecule has 2 rings (SSSR count). The zero-order chi connectivity index (χ0) is 12.4. The van der Waals surface area contributed by atoms with E-state index in [9.17, 15) is 0 Å². The summed E-state index contributed by atoms with van der Waals surface area (Å²) >= 11 is 0. The Morgan fingerprint density at radius 3 is 2.76 bits per heavy atom. The van der Waals surface area contributed by atoms with E-state index in [2.05, 4.69) is 31.0 Å². The first-order valence-electron chi connectivity index (χ1n) is 7.17. The molecule has 2 heterocycles. The Morgan fingerprint density at radius 2 is 2.12 bits per heavy atom. The van der Waals surface area contributed by atoms with Crippen LogP contribution in [0, 0.1) is 0 Å². The molecule has 1 N–H and O–H groups in total. The van der Waals surface area contributed by atoms with Gasteiger partial charge in [-0.05, 0) is 52.6 Å². The van der Waals surface area contributed by atoms with E-state index in [0.717, 1.165) is 26.2 Å². The van der Waals surface area contributed by atoms with Crippen molar-refractivity contribution in [1.82, 2.24) is 10.2 Å². The lowest BCUT2D eigenvalue weighted by Gasteiger charge is -2.36. The average Bonchev–Trinajstić information content (AvgIpc) is 2.62. The summed E-state index contributed by atoms with van der Waals surface area (Å²) in [6.45, 7) is 12.5. The smallest absolute Gasteiger partial charge is 0.0781 e. The third kappa shape index (κ3) is 3.43. The number of hydrogen-bond acceptors (Lipinski definition) is 3. The summed E-state index contributed by atoms with van der Waals surface area (Å²) in [6.07, 6.45) is 4.90. The highest BCUT2D eigenvalue weighted by Gasteiger charge is 2.35. The highest BCUT2D eigenvalue weighted by atomic mass is 16.5. The second-order valence-electron chi connectivity index (χ2n) is 6.31. The van der Waals surface area contributed by atoms with Gasteiger partial charge in [0.1, 0.15) is 0 Å². The highest BCUT2D eigenvalue weighted by molar-refractivity contribution is 4.91. The second-order valence-corrected chi connectivity index (χ2v) is 6.31. The molecule has 2 unspecified atom stereocenters. The third-order valence-electron chi connectivity index (χ3n) is 4.41. The van der Waals surface area contributed by atoms with Gasteiger partial charge in [-0.2, -0.15) is 0 Å². The SMILES string of the molecule is CCC1(C)CN(CC2(C)CCCO2)CCCN1. The molecule has 0 bridgehead atoms. The van der Waals surface area contributed by atoms with Gasteiger partial charge in [-0.3, -0.25) is 4.90 Å². The van der Waals surface area contributed by atoms with Gasteiger partial charge in [0, 0.05) is 25.2 Å². The van der Waals surface area contributed by atoms with E-state index in [-0.39, 0.29) is 11.1 Å². The Labute approximate surface area is 106 Å². The van der Waals surface area contributed by atoms with Crippen molar-refractivity contribution >= 4 is 0 Å². The van der Waals surface area contributed by atoms with Gasteiger partial charge in [-0.25, -0.2) is 0 Å². The predicted octanol–water partition coefficient (Wildman–Crippen LogP) is 2.02. The molecule has 2 fully saturated rings. The van der Waals surface area contributed by atoms with Crippen LogP contribution in [0.4, 0.5) is 0 Å². The molecule has 0 spiro atoms. The van der Waals surface area contributed by atoms with Crippen LogP contribution in [0.15, 0.2) is 0 Å². The number of ether oxygens (including phenoxy) is 1. The lowest BCUT2D eigenvalue weighted by molar-refractivity contribution is -0.0118. The maximum absolute atomic E-state index is 5.92. The third-order valence-corrected chi connectivity index (χ3v) is 4.41. The molecule has 2 saturated heterocycles. The fourth-order valence-electron chi connectivity index (χ4n) is 3.13. The van der Waals surface area contributed by atoms with Crippen molar-refractivity contribution in [1.29, 1.82) is 0 Å². The second kappa shape index (κ2) is 5.25. The van der Waals surface area contributed by atoms with Crippen LogP contribution < -0.4 is 5.32 Å². The molecule has 2 aliphatic rings. The van der Waals surface area contributed by atoms with Crippen LogP contribution in [0.5, 0.6) is 0 Å². The number of rotatable bonds is 3. The van der Waals surface area contributed by atoms with E-state index in [1.807, 2.05) is 0 Å². The van der Waals surface area contributed by atoms with Gasteiger partial charge in [-0.1, -0.05) is 6.92 Å². The molecule has 0 radical (unpaired) electrons. The zero-order valence-corrected chi connectivity index (χ0v) is 11.7. The number of nitrogens with zero attached hydrogens (tertiary/aromatic N) is 1. The minimum absolute atomic E-state index is 0.110. The van der Waals surface area contributed by atoms with Gasteiger partial charge < -0.3 is 10.1 Å². The van der Waals surface area contributed by atoms with E-state index in [1.165, 1.54) is 32.2 Å². The average molecular weight is 240 g/mol. The first kappa shape index (κ1) is 13.3. The zero-order valence-electron chi connectivity index (χ0n) is 11.7. The summed E-state index contributed by atoms with van der Waals surface area (Å²) in [5.74, 6) is 0. The molecular weight excluding hydrogens is 212 g/mol. The molecule has 3 heteroatoms. The molecule has 2 aliphatic heterocycles. The van der Waals surface area contributed by atoms with E-state index in [0.29, 0.717) is 0 Å². The molecular formula is C14H28N2O. The fraction of sp³-hybridized carbons (Fsp3) is 1.00. The molecule has 3 nitrogen and oxygen atoms in total. The molecule has 17 heavy (non-hydrogen) atoms. The lowest BCUT2D eigenvalue weighted by atomic mass is 9.96. The Morgan fingerprint density at radius 1 is 1.29 bits per heavy atom. The summed E-state index contributed by atoms with van der Waals surface area (Å²) in [4.78, 5) is 2.61. The van der Waals surface area contributed by atoms with Crippen molar-refractivity contribution in [2.75, 3.05) is 32.8 Å². The van der Waals surface area contributed by atoms with Crippen molar-refractivity contribution in [3.05, 3.63) is 0 Å². The van der Waals surface area contributed by atoms with Crippen molar-refractivity contribution in [3.8, 4) is 0 Å². The Balaban J connectivity index is 1.95. The monoisotopic (exact) mass is 240 g/mol. The van der Waals surface area contributed by atoms with E-state index < -0.39 is 0 Å². The summed E-state index contributed by atoms with van der Waals surface area (Å²) in [7, 11) is 0. The Kier molecular flexibility index (Phi) is 4.11. The van der Waals surface area contributed by atoms with Crippen LogP contribution in [0.1, 0.15) is 46.5 Å². The van der Waals surface area contributed by atoms with E-state index in [4.69, 9.17) is 4.74 Å². The maximum atomic E-state index is 5.92. The fourth-order valence-corrected chi connectivity index (χ4v) is 3.13. The molecule has 0 aliphatic carbocycles. The maximum Gasteiger partial charge on any atom is 0.0781 e. The lowest BCUT2D eigenvalue weighted by Crippen LogP contribution is -2.51. The van der Waals surface area contributed by atoms with Gasteiger partial charge in [-0.15, -0.1) is 0 Å². The Bertz CT molecular complexity index is 251. The van der Waals surface area contributed by atoms with E-state index in [1.54, 1.807) is 0 Å². The molecule has 100 valence electrons. The molecule has 0 amide bonds. The number of nitrogens with one attached hydrogen (secondary N) is 1. The largest absolute Gasteiger partial charge is 0.374 e. The first-order chi connectivity index (χ1) is 8.05. The summed E-state index contributed by atoms with van der Waals surface area (Å²) in [5, 5.41) is 3.69. The topological polar surface area (TPSA) is 24.5 Å². The molecule has 0 saturated carbocycles. The predicted molar refractivity (Wildman–Crippen MR) is 71.3 cm³/mol. The standard InChI is InChI=1S/C14H28N2O/c1-4-13(2)11-16(9-6-8-15-13)12-14(3)7-5-10-17-14/h15H,4-12H2,1-3H3. The van der Waals surface area contributed by atoms with Gasteiger partial charge in [0.2, 0.25) is 0 Å². The van der Waals surface area contributed by atoms with Crippen LogP contribution in [-0.2, 0) is 4.74 Å². The quantitative estimate of drug-likeness (QED) is 0.817. The summed E-state index contributed by atoms with van der Waals surface area (Å²) in [5.41, 5.74) is 0.393. The minimum Gasteiger partial charge on any atom is -0.374 e. The normalized spacial score (nSPS) is 40.4. The molecule has 0 aromatic rings. The van der Waals surface area contributed by atoms with Crippen LogP contribution in [-0.4, -0.2) is 48.8 Å². The minimum atomic E-state index is 0.110. The van der Waals surface area contributed by atoms with Gasteiger partial charge in [0.25, 0.3) is 0 Å². The highest BCUT2D eigenvalue weighted by Crippen LogP contribution is 2.27. The van der Waals surface area contributed by atoms with E-state index >= 15 is 0 Å². The molecule has 2 atom stereocenters. The molecule has 0 aromatic heterocycles. The van der Waals surface area contributed by atoms with Crippen molar-refractivity contribution in [3.63, 3.8) is 0 Å². The van der Waals surface area contributed by atoms with Gasteiger partial charge in [0.15, 0.2) is 0 Å².